The van der Waals surface area contributed by atoms with Crippen LogP contribution in [0.4, 0.5) is 8.78 Å². The van der Waals surface area contributed by atoms with Crippen LogP contribution >= 0.6 is 11.6 Å². The summed E-state index contributed by atoms with van der Waals surface area (Å²) in [6.45, 7) is 0.700. The first-order valence-corrected chi connectivity index (χ1v) is 9.85. The number of para-hydroxylation sites is 1. The molecule has 3 nitrogen and oxygen atoms in total. The zero-order valence-corrected chi connectivity index (χ0v) is 17.5. The molecule has 30 heavy (non-hydrogen) atoms. The minimum Gasteiger partial charge on any atom is -0.457 e. The summed E-state index contributed by atoms with van der Waals surface area (Å²) < 4.78 is 42.6. The van der Waals surface area contributed by atoms with E-state index in [9.17, 15) is 8.78 Å². The van der Waals surface area contributed by atoms with Crippen LogP contribution in [-0.2, 0) is 21.5 Å². The van der Waals surface area contributed by atoms with E-state index >= 15 is 0 Å². The van der Waals surface area contributed by atoms with Crippen LogP contribution < -0.4 is 4.74 Å². The van der Waals surface area contributed by atoms with Crippen LogP contribution in [0.15, 0.2) is 78.9 Å². The quantitative estimate of drug-likeness (QED) is 0.335. The Morgan fingerprint density at radius 2 is 1.53 bits per heavy atom. The summed E-state index contributed by atoms with van der Waals surface area (Å²) in [5.41, 5.74) is 0.719. The van der Waals surface area contributed by atoms with Crippen LogP contribution in [0.2, 0.25) is 5.02 Å². The molecule has 3 rings (SSSR count). The fraction of sp³-hybridized carbons (Fsp3) is 0.250. The Labute approximate surface area is 180 Å². The van der Waals surface area contributed by atoms with Gasteiger partial charge in [0.05, 0.1) is 6.61 Å². The van der Waals surface area contributed by atoms with Crippen LogP contribution in [0.25, 0.3) is 0 Å². The second kappa shape index (κ2) is 10.0. The molecule has 1 unspecified atom stereocenters. The molecule has 6 heteroatoms. The van der Waals surface area contributed by atoms with Crippen LogP contribution in [0, 0.1) is 0 Å². The van der Waals surface area contributed by atoms with E-state index in [0.717, 1.165) is 11.1 Å². The number of hydrogen-bond donors (Lipinski definition) is 0. The van der Waals surface area contributed by atoms with Crippen molar-refractivity contribution in [3.63, 3.8) is 0 Å². The predicted molar refractivity (Wildman–Crippen MR) is 113 cm³/mol. The van der Waals surface area contributed by atoms with Gasteiger partial charge in [0.15, 0.2) is 6.29 Å². The third-order valence-electron chi connectivity index (χ3n) is 4.68. The van der Waals surface area contributed by atoms with Crippen molar-refractivity contribution in [3.05, 3.63) is 95.0 Å². The molecular formula is C24H23ClF2O3. The van der Waals surface area contributed by atoms with Gasteiger partial charge in [-0.05, 0) is 47.5 Å². The maximum atomic E-state index is 13.1. The molecule has 0 spiro atoms. The number of benzene rings is 3. The normalized spacial score (nSPS) is 12.7. The molecule has 0 fully saturated rings. The highest BCUT2D eigenvalue weighted by Crippen LogP contribution is 2.33. The average Bonchev–Trinajstić information content (AvgIpc) is 2.72. The van der Waals surface area contributed by atoms with E-state index in [0.29, 0.717) is 16.5 Å². The van der Waals surface area contributed by atoms with E-state index in [1.807, 2.05) is 54.6 Å². The van der Waals surface area contributed by atoms with Crippen LogP contribution in [0.3, 0.4) is 0 Å². The smallest absolute Gasteiger partial charge is 0.347 e. The molecule has 3 aromatic rings. The van der Waals surface area contributed by atoms with Gasteiger partial charge in [-0.1, -0.05) is 67.9 Å². The van der Waals surface area contributed by atoms with Gasteiger partial charge < -0.3 is 9.47 Å². The SMILES string of the molecule is CC(C)(c1ccc(Cl)cc1)C(OCc1cccc(Oc2ccccc2)c1)OC(F)F. The molecule has 1 atom stereocenters. The minimum atomic E-state index is -2.96. The number of rotatable bonds is 9. The third kappa shape index (κ3) is 6.02. The first-order chi connectivity index (χ1) is 14.3. The molecule has 0 aliphatic carbocycles. The predicted octanol–water partition coefficient (Wildman–Crippen LogP) is 7.19. The maximum Gasteiger partial charge on any atom is 0.347 e. The topological polar surface area (TPSA) is 27.7 Å². The monoisotopic (exact) mass is 432 g/mol. The highest BCUT2D eigenvalue weighted by Gasteiger charge is 2.35. The van der Waals surface area contributed by atoms with Crippen LogP contribution in [0.1, 0.15) is 25.0 Å². The summed E-state index contributed by atoms with van der Waals surface area (Å²) in [5, 5.41) is 0.567. The number of ether oxygens (including phenoxy) is 3. The zero-order valence-electron chi connectivity index (χ0n) is 16.7. The van der Waals surface area contributed by atoms with Crippen molar-refractivity contribution in [3.8, 4) is 11.5 Å². The van der Waals surface area contributed by atoms with Gasteiger partial charge in [0.2, 0.25) is 0 Å². The molecular weight excluding hydrogens is 410 g/mol. The first-order valence-electron chi connectivity index (χ1n) is 9.48. The number of alkyl halides is 2. The van der Waals surface area contributed by atoms with Crippen molar-refractivity contribution in [1.82, 2.24) is 0 Å². The van der Waals surface area contributed by atoms with Crippen molar-refractivity contribution in [2.24, 2.45) is 0 Å². The van der Waals surface area contributed by atoms with Gasteiger partial charge in [0, 0.05) is 10.4 Å². The minimum absolute atomic E-state index is 0.0837. The van der Waals surface area contributed by atoms with Gasteiger partial charge in [0.25, 0.3) is 0 Å². The maximum absolute atomic E-state index is 13.1. The Kier molecular flexibility index (Phi) is 7.43. The molecule has 158 valence electrons. The Hall–Kier alpha value is -2.47. The summed E-state index contributed by atoms with van der Waals surface area (Å²) in [5.74, 6) is 1.34. The summed E-state index contributed by atoms with van der Waals surface area (Å²) >= 11 is 5.95. The van der Waals surface area contributed by atoms with Gasteiger partial charge in [-0.3, -0.25) is 4.74 Å². The summed E-state index contributed by atoms with van der Waals surface area (Å²) in [6.07, 6.45) is -1.17. The zero-order chi connectivity index (χ0) is 21.6. The van der Waals surface area contributed by atoms with Gasteiger partial charge in [0.1, 0.15) is 11.5 Å². The van der Waals surface area contributed by atoms with Gasteiger partial charge in [-0.2, -0.15) is 8.78 Å². The fourth-order valence-electron chi connectivity index (χ4n) is 3.02. The molecule has 3 aromatic carbocycles. The van der Waals surface area contributed by atoms with Crippen molar-refractivity contribution < 1.29 is 23.0 Å². The third-order valence-corrected chi connectivity index (χ3v) is 4.93. The largest absolute Gasteiger partial charge is 0.457 e. The highest BCUT2D eigenvalue weighted by atomic mass is 35.5. The molecule has 0 aliphatic rings. The second-order valence-corrected chi connectivity index (χ2v) is 7.77. The highest BCUT2D eigenvalue weighted by molar-refractivity contribution is 6.30. The molecule has 0 aliphatic heterocycles. The summed E-state index contributed by atoms with van der Waals surface area (Å²) in [4.78, 5) is 0. The molecule has 0 bridgehead atoms. The van der Waals surface area contributed by atoms with Crippen LogP contribution in [-0.4, -0.2) is 12.9 Å². The Morgan fingerprint density at radius 1 is 0.867 bits per heavy atom. The second-order valence-electron chi connectivity index (χ2n) is 7.33. The van der Waals surface area contributed by atoms with Crippen LogP contribution in [0.5, 0.6) is 11.5 Å². The molecule has 0 amide bonds. The van der Waals surface area contributed by atoms with Crippen molar-refractivity contribution in [2.45, 2.75) is 38.8 Å². The number of halogens is 3. The van der Waals surface area contributed by atoms with Gasteiger partial charge >= 0.3 is 6.61 Å². The molecule has 0 saturated heterocycles. The molecule has 0 aromatic heterocycles. The van der Waals surface area contributed by atoms with Gasteiger partial charge in [-0.15, -0.1) is 0 Å². The lowest BCUT2D eigenvalue weighted by Crippen LogP contribution is -2.39. The Bertz CT molecular complexity index is 931. The number of hydrogen-bond acceptors (Lipinski definition) is 3. The van der Waals surface area contributed by atoms with E-state index in [4.69, 9.17) is 25.8 Å². The van der Waals surface area contributed by atoms with E-state index in [1.165, 1.54) is 0 Å². The first kappa shape index (κ1) is 22.2. The summed E-state index contributed by atoms with van der Waals surface area (Å²) in [6, 6.07) is 23.6. The lowest BCUT2D eigenvalue weighted by Gasteiger charge is -2.34. The fourth-order valence-corrected chi connectivity index (χ4v) is 3.15. The lowest BCUT2D eigenvalue weighted by molar-refractivity contribution is -0.270. The van der Waals surface area contributed by atoms with E-state index in [2.05, 4.69) is 0 Å². The van der Waals surface area contributed by atoms with Gasteiger partial charge in [-0.25, -0.2) is 0 Å². The summed E-state index contributed by atoms with van der Waals surface area (Å²) in [7, 11) is 0. The molecule has 0 saturated carbocycles. The Balaban J connectivity index is 1.73. The average molecular weight is 433 g/mol. The molecule has 0 radical (unpaired) electrons. The lowest BCUT2D eigenvalue weighted by atomic mass is 9.84. The molecule has 0 N–H and O–H groups in total. The van der Waals surface area contributed by atoms with Crippen molar-refractivity contribution in [2.75, 3.05) is 0 Å². The van der Waals surface area contributed by atoms with E-state index in [1.54, 1.807) is 38.1 Å². The van der Waals surface area contributed by atoms with Crippen molar-refractivity contribution >= 4 is 11.6 Å². The standard InChI is InChI=1S/C24H23ClF2O3/c1-24(2,18-11-13-19(25)14-12-18)22(30-23(26)27)28-16-17-7-6-10-21(15-17)29-20-8-4-3-5-9-20/h3-15,22-23H,16H2,1-2H3. The molecule has 0 heterocycles. The van der Waals surface area contributed by atoms with E-state index < -0.39 is 18.3 Å². The van der Waals surface area contributed by atoms with Crippen molar-refractivity contribution in [1.29, 1.82) is 0 Å². The Morgan fingerprint density at radius 3 is 2.20 bits per heavy atom. The van der Waals surface area contributed by atoms with E-state index in [-0.39, 0.29) is 6.61 Å².